The minimum Gasteiger partial charge on any atom is -0.377 e. The van der Waals surface area contributed by atoms with Gasteiger partial charge in [0.25, 0.3) is 0 Å². The normalized spacial score (nSPS) is 39.0. The number of nitrogens with zero attached hydrogens (tertiary/aromatic N) is 1. The molecule has 0 aromatic rings. The maximum Gasteiger partial charge on any atom is 0.0805 e. The van der Waals surface area contributed by atoms with E-state index in [0.29, 0.717) is 11.6 Å². The van der Waals surface area contributed by atoms with Crippen LogP contribution in [0.25, 0.3) is 0 Å². The Labute approximate surface area is 118 Å². The average molecular weight is 266 g/mol. The van der Waals surface area contributed by atoms with Gasteiger partial charge in [-0.15, -0.1) is 0 Å². The number of ether oxygens (including phenoxy) is 1. The van der Waals surface area contributed by atoms with Crippen molar-refractivity contribution in [3.63, 3.8) is 0 Å². The molecule has 19 heavy (non-hydrogen) atoms. The van der Waals surface area contributed by atoms with Gasteiger partial charge in [-0.05, 0) is 51.4 Å². The molecule has 2 aliphatic carbocycles. The highest BCUT2D eigenvalue weighted by Gasteiger charge is 2.48. The largest absolute Gasteiger partial charge is 0.377 e. The van der Waals surface area contributed by atoms with Gasteiger partial charge in [0, 0.05) is 38.3 Å². The van der Waals surface area contributed by atoms with E-state index in [4.69, 9.17) is 4.74 Å². The van der Waals surface area contributed by atoms with Gasteiger partial charge in [0.2, 0.25) is 0 Å². The lowest BCUT2D eigenvalue weighted by atomic mass is 9.78. The predicted molar refractivity (Wildman–Crippen MR) is 78.4 cm³/mol. The lowest BCUT2D eigenvalue weighted by Gasteiger charge is -2.51. The van der Waals surface area contributed by atoms with Gasteiger partial charge in [-0.3, -0.25) is 4.90 Å². The quantitative estimate of drug-likeness (QED) is 0.827. The van der Waals surface area contributed by atoms with Crippen LogP contribution in [0, 0.1) is 5.92 Å². The summed E-state index contributed by atoms with van der Waals surface area (Å²) < 4.78 is 5.85. The Morgan fingerprint density at radius 3 is 2.53 bits per heavy atom. The fourth-order valence-corrected chi connectivity index (χ4v) is 4.04. The molecule has 0 bridgehead atoms. The summed E-state index contributed by atoms with van der Waals surface area (Å²) in [5.74, 6) is 0.910. The standard InChI is InChI=1S/C16H30N2O/c1-4-14-10-17-15(2,13-6-7-13)11-18(14)12-16(19-3)8-5-9-16/h13-14,17H,4-12H2,1-3H3. The van der Waals surface area contributed by atoms with Crippen molar-refractivity contribution < 1.29 is 4.74 Å². The molecule has 2 atom stereocenters. The molecule has 2 saturated carbocycles. The number of piperazine rings is 1. The highest BCUT2D eigenvalue weighted by molar-refractivity contribution is 5.05. The van der Waals surface area contributed by atoms with Crippen LogP contribution in [0.5, 0.6) is 0 Å². The van der Waals surface area contributed by atoms with Crippen LogP contribution < -0.4 is 5.32 Å². The molecule has 0 amide bonds. The first kappa shape index (κ1) is 13.8. The maximum atomic E-state index is 5.85. The SMILES string of the molecule is CCC1CNC(C)(C2CC2)CN1CC1(OC)CCC1. The summed E-state index contributed by atoms with van der Waals surface area (Å²) in [6, 6.07) is 0.694. The van der Waals surface area contributed by atoms with Crippen molar-refractivity contribution in [2.45, 2.75) is 69.6 Å². The summed E-state index contributed by atoms with van der Waals surface area (Å²) >= 11 is 0. The Morgan fingerprint density at radius 2 is 2.05 bits per heavy atom. The van der Waals surface area contributed by atoms with Gasteiger partial charge >= 0.3 is 0 Å². The molecule has 3 aliphatic rings. The van der Waals surface area contributed by atoms with Crippen molar-refractivity contribution in [2.75, 3.05) is 26.7 Å². The fourth-order valence-electron chi connectivity index (χ4n) is 4.04. The molecule has 1 aliphatic heterocycles. The van der Waals surface area contributed by atoms with Crippen LogP contribution in [0.3, 0.4) is 0 Å². The van der Waals surface area contributed by atoms with Crippen LogP contribution in [-0.4, -0.2) is 48.8 Å². The zero-order chi connectivity index (χ0) is 13.5. The zero-order valence-corrected chi connectivity index (χ0v) is 12.9. The molecule has 0 aromatic heterocycles. The molecule has 1 heterocycles. The van der Waals surface area contributed by atoms with Gasteiger partial charge in [-0.25, -0.2) is 0 Å². The molecule has 3 fully saturated rings. The monoisotopic (exact) mass is 266 g/mol. The number of hydrogen-bond acceptors (Lipinski definition) is 3. The summed E-state index contributed by atoms with van der Waals surface area (Å²) in [7, 11) is 1.91. The molecule has 0 spiro atoms. The average Bonchev–Trinajstić information content (AvgIpc) is 3.18. The van der Waals surface area contributed by atoms with E-state index < -0.39 is 0 Å². The minimum absolute atomic E-state index is 0.176. The number of rotatable bonds is 5. The highest BCUT2D eigenvalue weighted by atomic mass is 16.5. The van der Waals surface area contributed by atoms with E-state index >= 15 is 0 Å². The Kier molecular flexibility index (Phi) is 3.65. The fraction of sp³-hybridized carbons (Fsp3) is 1.00. The molecule has 3 rings (SSSR count). The molecule has 0 aromatic carbocycles. The first-order chi connectivity index (χ1) is 9.11. The molecule has 110 valence electrons. The predicted octanol–water partition coefficient (Wildman–Crippen LogP) is 2.41. The topological polar surface area (TPSA) is 24.5 Å². The van der Waals surface area contributed by atoms with E-state index in [2.05, 4.69) is 24.1 Å². The van der Waals surface area contributed by atoms with Crippen molar-refractivity contribution in [2.24, 2.45) is 5.92 Å². The van der Waals surface area contributed by atoms with Crippen molar-refractivity contribution in [3.8, 4) is 0 Å². The third-order valence-corrected chi connectivity index (χ3v) is 5.93. The molecule has 0 radical (unpaired) electrons. The van der Waals surface area contributed by atoms with Gasteiger partial charge in [0.15, 0.2) is 0 Å². The second-order valence-corrected chi connectivity index (χ2v) is 7.28. The third-order valence-electron chi connectivity index (χ3n) is 5.93. The Balaban J connectivity index is 1.68. The van der Waals surface area contributed by atoms with Gasteiger partial charge in [-0.1, -0.05) is 6.92 Å². The maximum absolute atomic E-state index is 5.85. The van der Waals surface area contributed by atoms with Crippen molar-refractivity contribution in [1.82, 2.24) is 10.2 Å². The van der Waals surface area contributed by atoms with Crippen LogP contribution in [0.4, 0.5) is 0 Å². The molecule has 2 unspecified atom stereocenters. The molecule has 3 nitrogen and oxygen atoms in total. The minimum atomic E-state index is 0.176. The summed E-state index contributed by atoms with van der Waals surface area (Å²) in [6.07, 6.45) is 7.94. The zero-order valence-electron chi connectivity index (χ0n) is 12.9. The Morgan fingerprint density at radius 1 is 1.32 bits per heavy atom. The van der Waals surface area contributed by atoms with E-state index in [1.807, 2.05) is 7.11 Å². The van der Waals surface area contributed by atoms with E-state index in [-0.39, 0.29) is 5.60 Å². The van der Waals surface area contributed by atoms with Crippen LogP contribution in [-0.2, 0) is 4.74 Å². The van der Waals surface area contributed by atoms with Crippen molar-refractivity contribution in [3.05, 3.63) is 0 Å². The van der Waals surface area contributed by atoms with Crippen LogP contribution in [0.1, 0.15) is 52.4 Å². The summed E-state index contributed by atoms with van der Waals surface area (Å²) in [6.45, 7) is 8.26. The van der Waals surface area contributed by atoms with Gasteiger partial charge in [-0.2, -0.15) is 0 Å². The number of hydrogen-bond donors (Lipinski definition) is 1. The molecule has 1 N–H and O–H groups in total. The summed E-state index contributed by atoms with van der Waals surface area (Å²) in [5.41, 5.74) is 0.527. The van der Waals surface area contributed by atoms with E-state index in [0.717, 1.165) is 19.0 Å². The van der Waals surface area contributed by atoms with E-state index in [1.54, 1.807) is 0 Å². The Bertz CT molecular complexity index is 317. The highest BCUT2D eigenvalue weighted by Crippen LogP contribution is 2.43. The lowest BCUT2D eigenvalue weighted by molar-refractivity contribution is -0.106. The first-order valence-electron chi connectivity index (χ1n) is 8.15. The molecular formula is C16H30N2O. The van der Waals surface area contributed by atoms with Crippen molar-refractivity contribution in [1.29, 1.82) is 0 Å². The third kappa shape index (κ3) is 2.57. The molecule has 1 saturated heterocycles. The Hall–Kier alpha value is -0.120. The van der Waals surface area contributed by atoms with Crippen LogP contribution in [0.15, 0.2) is 0 Å². The van der Waals surface area contributed by atoms with Gasteiger partial charge < -0.3 is 10.1 Å². The number of nitrogens with one attached hydrogen (secondary N) is 1. The molecule has 3 heteroatoms. The smallest absolute Gasteiger partial charge is 0.0805 e. The van der Waals surface area contributed by atoms with Crippen molar-refractivity contribution >= 4 is 0 Å². The van der Waals surface area contributed by atoms with E-state index in [9.17, 15) is 0 Å². The van der Waals surface area contributed by atoms with E-state index in [1.165, 1.54) is 45.1 Å². The van der Waals surface area contributed by atoms with Gasteiger partial charge in [0.1, 0.15) is 0 Å². The molecular weight excluding hydrogens is 236 g/mol. The second kappa shape index (κ2) is 5.01. The summed E-state index contributed by atoms with van der Waals surface area (Å²) in [4.78, 5) is 2.73. The second-order valence-electron chi connectivity index (χ2n) is 7.28. The lowest BCUT2D eigenvalue weighted by Crippen LogP contribution is -2.66. The first-order valence-corrected chi connectivity index (χ1v) is 8.15. The van der Waals surface area contributed by atoms with Crippen LogP contribution >= 0.6 is 0 Å². The van der Waals surface area contributed by atoms with Gasteiger partial charge in [0.05, 0.1) is 5.60 Å². The number of methoxy groups -OCH3 is 1. The summed E-state index contributed by atoms with van der Waals surface area (Å²) in [5, 5.41) is 3.85. The van der Waals surface area contributed by atoms with Crippen LogP contribution in [0.2, 0.25) is 0 Å².